The maximum absolute atomic E-state index is 13.6. The summed E-state index contributed by atoms with van der Waals surface area (Å²) in [5.74, 6) is -0.316. The van der Waals surface area contributed by atoms with Crippen LogP contribution >= 0.6 is 11.3 Å². The van der Waals surface area contributed by atoms with Crippen molar-refractivity contribution < 1.29 is 4.39 Å². The number of thiazole rings is 1. The molecular weight excluding hydrogens is 247 g/mol. The average Bonchev–Trinajstić information content (AvgIpc) is 2.79. The Bertz CT molecular complexity index is 583. The number of hydrogen-bond donors (Lipinski definition) is 0. The number of benzene rings is 1. The molecule has 2 aromatic rings. The molecule has 1 aromatic carbocycles. The van der Waals surface area contributed by atoms with Gasteiger partial charge in [-0.3, -0.25) is 0 Å². The second kappa shape index (κ2) is 5.28. The van der Waals surface area contributed by atoms with Gasteiger partial charge in [-0.05, 0) is 18.1 Å². The number of nitrogens with zero attached hydrogens (tertiary/aromatic N) is 2. The van der Waals surface area contributed by atoms with Crippen molar-refractivity contribution in [2.45, 2.75) is 19.8 Å². The maximum atomic E-state index is 13.6. The van der Waals surface area contributed by atoms with Crippen molar-refractivity contribution in [3.05, 3.63) is 41.2 Å². The van der Waals surface area contributed by atoms with Gasteiger partial charge in [0.2, 0.25) is 0 Å². The highest BCUT2D eigenvalue weighted by Crippen LogP contribution is 2.31. The van der Waals surface area contributed by atoms with Gasteiger partial charge in [0.05, 0.1) is 17.7 Å². The Balaban J connectivity index is 2.37. The van der Waals surface area contributed by atoms with E-state index in [2.05, 4.69) is 11.1 Å². The molecule has 0 fully saturated rings. The predicted octanol–water partition coefficient (Wildman–Crippen LogP) is 4.21. The Morgan fingerprint density at radius 3 is 2.67 bits per heavy atom. The normalized spacial score (nSPS) is 12.4. The van der Waals surface area contributed by atoms with Crippen molar-refractivity contribution in [3.63, 3.8) is 0 Å². The van der Waals surface area contributed by atoms with Crippen LogP contribution in [0.15, 0.2) is 29.6 Å². The number of halogens is 1. The molecule has 0 spiro atoms. The van der Waals surface area contributed by atoms with Gasteiger partial charge in [-0.15, -0.1) is 11.3 Å². The monoisotopic (exact) mass is 260 g/mol. The number of nitriles is 1. The van der Waals surface area contributed by atoms with Gasteiger partial charge < -0.3 is 0 Å². The smallest absolute Gasteiger partial charge is 0.133 e. The fourth-order valence-corrected chi connectivity index (χ4v) is 2.63. The molecule has 0 bridgehead atoms. The highest BCUT2D eigenvalue weighted by Gasteiger charge is 2.19. The quantitative estimate of drug-likeness (QED) is 0.828. The van der Waals surface area contributed by atoms with Crippen LogP contribution in [0.25, 0.3) is 10.6 Å². The Labute approximate surface area is 110 Å². The maximum Gasteiger partial charge on any atom is 0.133 e. The minimum atomic E-state index is -0.281. The Morgan fingerprint density at radius 1 is 1.33 bits per heavy atom. The standard InChI is InChI=1S/C14H13FN2S/c1-9(2)11(7-16)13-8-18-14(17-13)10-5-3-4-6-12(10)15/h3-6,8-9,11H,1-2H3. The second-order valence-electron chi connectivity index (χ2n) is 4.41. The van der Waals surface area contributed by atoms with Crippen LogP contribution in [-0.2, 0) is 0 Å². The summed E-state index contributed by atoms with van der Waals surface area (Å²) in [6.45, 7) is 3.96. The Hall–Kier alpha value is -1.73. The first kappa shape index (κ1) is 12.7. The lowest BCUT2D eigenvalue weighted by Crippen LogP contribution is -2.04. The van der Waals surface area contributed by atoms with E-state index < -0.39 is 0 Å². The molecule has 4 heteroatoms. The molecular formula is C14H13FN2S. The molecule has 0 radical (unpaired) electrons. The van der Waals surface area contributed by atoms with Crippen molar-refractivity contribution in [1.29, 1.82) is 5.26 Å². The summed E-state index contributed by atoms with van der Waals surface area (Å²) < 4.78 is 13.6. The highest BCUT2D eigenvalue weighted by atomic mass is 32.1. The van der Waals surface area contributed by atoms with Gasteiger partial charge in [0, 0.05) is 10.9 Å². The first-order valence-corrected chi connectivity index (χ1v) is 6.61. The van der Waals surface area contributed by atoms with E-state index in [1.807, 2.05) is 19.2 Å². The molecule has 92 valence electrons. The molecule has 1 unspecified atom stereocenters. The Kier molecular flexibility index (Phi) is 3.73. The highest BCUT2D eigenvalue weighted by molar-refractivity contribution is 7.13. The zero-order valence-corrected chi connectivity index (χ0v) is 11.0. The Morgan fingerprint density at radius 2 is 2.06 bits per heavy atom. The van der Waals surface area contributed by atoms with Crippen molar-refractivity contribution in [2.75, 3.05) is 0 Å². The molecule has 0 N–H and O–H groups in total. The van der Waals surface area contributed by atoms with Crippen molar-refractivity contribution in [1.82, 2.24) is 4.98 Å². The van der Waals surface area contributed by atoms with Crippen LogP contribution < -0.4 is 0 Å². The third-order valence-electron chi connectivity index (χ3n) is 2.75. The van der Waals surface area contributed by atoms with Crippen molar-refractivity contribution in [3.8, 4) is 16.6 Å². The number of rotatable bonds is 3. The summed E-state index contributed by atoms with van der Waals surface area (Å²) in [6, 6.07) is 8.80. The van der Waals surface area contributed by atoms with Crippen LogP contribution in [0, 0.1) is 23.1 Å². The van der Waals surface area contributed by atoms with Crippen LogP contribution in [0.2, 0.25) is 0 Å². The third kappa shape index (κ3) is 2.41. The molecule has 1 atom stereocenters. The zero-order valence-electron chi connectivity index (χ0n) is 10.2. The lowest BCUT2D eigenvalue weighted by atomic mass is 9.95. The summed E-state index contributed by atoms with van der Waals surface area (Å²) >= 11 is 1.38. The minimum Gasteiger partial charge on any atom is -0.240 e. The first-order chi connectivity index (χ1) is 8.63. The zero-order chi connectivity index (χ0) is 13.1. The number of aromatic nitrogens is 1. The van der Waals surface area contributed by atoms with Gasteiger partial charge in [-0.2, -0.15) is 5.26 Å². The lowest BCUT2D eigenvalue weighted by molar-refractivity contribution is 0.578. The molecule has 0 aliphatic heterocycles. The summed E-state index contributed by atoms with van der Waals surface area (Å²) in [5.41, 5.74) is 1.23. The molecule has 0 aliphatic carbocycles. The first-order valence-electron chi connectivity index (χ1n) is 5.73. The van der Waals surface area contributed by atoms with Crippen molar-refractivity contribution in [2.24, 2.45) is 5.92 Å². The van der Waals surface area contributed by atoms with Gasteiger partial charge in [0.15, 0.2) is 0 Å². The van der Waals surface area contributed by atoms with Gasteiger partial charge in [-0.25, -0.2) is 9.37 Å². The SMILES string of the molecule is CC(C)C(C#N)c1csc(-c2ccccc2F)n1. The third-order valence-corrected chi connectivity index (χ3v) is 3.64. The van der Waals surface area contributed by atoms with E-state index in [1.54, 1.807) is 18.2 Å². The number of hydrogen-bond acceptors (Lipinski definition) is 3. The predicted molar refractivity (Wildman–Crippen MR) is 70.7 cm³/mol. The molecule has 1 aromatic heterocycles. The van der Waals surface area contributed by atoms with Crippen LogP contribution in [0.3, 0.4) is 0 Å². The molecule has 0 amide bonds. The van der Waals surface area contributed by atoms with E-state index in [0.717, 1.165) is 5.69 Å². The van der Waals surface area contributed by atoms with Gasteiger partial charge in [-0.1, -0.05) is 26.0 Å². The van der Waals surface area contributed by atoms with Crippen LogP contribution in [0.5, 0.6) is 0 Å². The molecule has 0 saturated heterocycles. The summed E-state index contributed by atoms with van der Waals surface area (Å²) in [7, 11) is 0. The van der Waals surface area contributed by atoms with E-state index in [1.165, 1.54) is 17.4 Å². The van der Waals surface area contributed by atoms with Gasteiger partial charge >= 0.3 is 0 Å². The molecule has 1 heterocycles. The van der Waals surface area contributed by atoms with Crippen molar-refractivity contribution >= 4 is 11.3 Å². The van der Waals surface area contributed by atoms with Gasteiger partial charge in [0.25, 0.3) is 0 Å². The summed E-state index contributed by atoms with van der Waals surface area (Å²) in [6.07, 6.45) is 0. The topological polar surface area (TPSA) is 36.7 Å². The fraction of sp³-hybridized carbons (Fsp3) is 0.286. The summed E-state index contributed by atoms with van der Waals surface area (Å²) in [4.78, 5) is 4.39. The second-order valence-corrected chi connectivity index (χ2v) is 5.27. The van der Waals surface area contributed by atoms with Crippen LogP contribution in [0.1, 0.15) is 25.5 Å². The fourth-order valence-electron chi connectivity index (χ4n) is 1.74. The van der Waals surface area contributed by atoms with E-state index >= 15 is 0 Å². The molecule has 2 nitrogen and oxygen atoms in total. The van der Waals surface area contributed by atoms with Gasteiger partial charge in [0.1, 0.15) is 10.8 Å². The largest absolute Gasteiger partial charge is 0.240 e. The van der Waals surface area contributed by atoms with Crippen LogP contribution in [0.4, 0.5) is 4.39 Å². The molecule has 0 saturated carbocycles. The molecule has 2 rings (SSSR count). The van der Waals surface area contributed by atoms with E-state index in [-0.39, 0.29) is 17.7 Å². The van der Waals surface area contributed by atoms with E-state index in [4.69, 9.17) is 5.26 Å². The summed E-state index contributed by atoms with van der Waals surface area (Å²) in [5, 5.41) is 11.6. The van der Waals surface area contributed by atoms with E-state index in [0.29, 0.717) is 10.6 Å². The lowest BCUT2D eigenvalue weighted by Gasteiger charge is -2.09. The average molecular weight is 260 g/mol. The minimum absolute atomic E-state index is 0.200. The van der Waals surface area contributed by atoms with E-state index in [9.17, 15) is 4.39 Å². The van der Waals surface area contributed by atoms with Crippen LogP contribution in [-0.4, -0.2) is 4.98 Å². The molecule has 18 heavy (non-hydrogen) atoms. The molecule has 0 aliphatic rings.